The molecule has 0 saturated carbocycles. The molecule has 1 aromatic heterocycles. The van der Waals surface area contributed by atoms with Crippen molar-refractivity contribution in [3.63, 3.8) is 0 Å². The number of para-hydroxylation sites is 1. The summed E-state index contributed by atoms with van der Waals surface area (Å²) in [5, 5.41) is 4.79. The Morgan fingerprint density at radius 2 is 1.88 bits per heavy atom. The fourth-order valence-electron chi connectivity index (χ4n) is 2.65. The molecule has 0 unspecified atom stereocenters. The summed E-state index contributed by atoms with van der Waals surface area (Å²) >= 11 is 6.16. The van der Waals surface area contributed by atoms with Gasteiger partial charge in [0.15, 0.2) is 0 Å². The van der Waals surface area contributed by atoms with Crippen molar-refractivity contribution in [2.24, 2.45) is 0 Å². The van der Waals surface area contributed by atoms with E-state index in [2.05, 4.69) is 5.10 Å². The zero-order valence-corrected chi connectivity index (χ0v) is 14.7. The topological polar surface area (TPSA) is 38.1 Å². The number of carbonyl (C=O) groups is 1. The monoisotopic (exact) mass is 357 g/mol. The van der Waals surface area contributed by atoms with Crippen LogP contribution in [-0.4, -0.2) is 27.6 Å². The van der Waals surface area contributed by atoms with Crippen molar-refractivity contribution in [3.05, 3.63) is 82.4 Å². The lowest BCUT2D eigenvalue weighted by Gasteiger charge is -2.18. The highest BCUT2D eigenvalue weighted by Crippen LogP contribution is 2.20. The Morgan fingerprint density at radius 1 is 1.20 bits per heavy atom. The smallest absolute Gasteiger partial charge is 0.257 e. The molecular formula is C19H17ClFN3O. The van der Waals surface area contributed by atoms with Gasteiger partial charge in [0.25, 0.3) is 5.91 Å². The third-order valence-corrected chi connectivity index (χ3v) is 4.40. The van der Waals surface area contributed by atoms with Crippen LogP contribution in [0.2, 0.25) is 5.02 Å². The summed E-state index contributed by atoms with van der Waals surface area (Å²) in [6.07, 6.45) is 1.47. The van der Waals surface area contributed by atoms with Crippen LogP contribution in [0.1, 0.15) is 21.6 Å². The van der Waals surface area contributed by atoms with E-state index < -0.39 is 5.82 Å². The molecule has 4 nitrogen and oxygen atoms in total. The van der Waals surface area contributed by atoms with E-state index in [9.17, 15) is 9.18 Å². The van der Waals surface area contributed by atoms with Gasteiger partial charge >= 0.3 is 0 Å². The molecule has 3 rings (SSSR count). The molecule has 0 radical (unpaired) electrons. The first-order valence-electron chi connectivity index (χ1n) is 7.77. The van der Waals surface area contributed by atoms with Crippen LogP contribution in [0.3, 0.4) is 0 Å². The van der Waals surface area contributed by atoms with Crippen LogP contribution >= 0.6 is 11.6 Å². The number of aromatic nitrogens is 2. The summed E-state index contributed by atoms with van der Waals surface area (Å²) in [6.45, 7) is 2.12. The van der Waals surface area contributed by atoms with Gasteiger partial charge in [0.2, 0.25) is 0 Å². The van der Waals surface area contributed by atoms with Crippen LogP contribution in [0.15, 0.2) is 54.7 Å². The Hall–Kier alpha value is -2.66. The molecule has 0 aliphatic carbocycles. The lowest BCUT2D eigenvalue weighted by Crippen LogP contribution is -2.26. The highest BCUT2D eigenvalue weighted by atomic mass is 35.5. The van der Waals surface area contributed by atoms with Gasteiger partial charge in [-0.3, -0.25) is 4.79 Å². The maximum absolute atomic E-state index is 14.0. The molecule has 1 heterocycles. The number of carbonyl (C=O) groups excluding carboxylic acids is 1. The van der Waals surface area contributed by atoms with Gasteiger partial charge in [-0.1, -0.05) is 41.9 Å². The van der Waals surface area contributed by atoms with E-state index in [1.54, 1.807) is 43.1 Å². The first-order chi connectivity index (χ1) is 12.0. The Balaban J connectivity index is 1.86. The van der Waals surface area contributed by atoms with Crippen molar-refractivity contribution in [1.29, 1.82) is 0 Å². The molecule has 6 heteroatoms. The molecule has 0 atom stereocenters. The molecule has 1 amide bonds. The lowest BCUT2D eigenvalue weighted by molar-refractivity contribution is 0.0784. The van der Waals surface area contributed by atoms with E-state index in [-0.39, 0.29) is 5.91 Å². The van der Waals surface area contributed by atoms with E-state index in [1.165, 1.54) is 16.9 Å². The van der Waals surface area contributed by atoms with Gasteiger partial charge in [-0.2, -0.15) is 5.10 Å². The van der Waals surface area contributed by atoms with E-state index >= 15 is 0 Å². The normalized spacial score (nSPS) is 10.7. The maximum atomic E-state index is 14.0. The van der Waals surface area contributed by atoms with Gasteiger partial charge in [0.1, 0.15) is 11.5 Å². The number of benzene rings is 2. The van der Waals surface area contributed by atoms with Crippen LogP contribution < -0.4 is 0 Å². The second-order valence-corrected chi connectivity index (χ2v) is 6.17. The summed E-state index contributed by atoms with van der Waals surface area (Å²) in [6, 6.07) is 13.7. The number of halogens is 2. The molecule has 0 bridgehead atoms. The number of hydrogen-bond donors (Lipinski definition) is 0. The Labute approximate surface area is 150 Å². The van der Waals surface area contributed by atoms with Gasteiger partial charge in [-0.25, -0.2) is 9.07 Å². The largest absolute Gasteiger partial charge is 0.337 e. The SMILES string of the molecule is Cc1c(C(=O)N(C)Cc2ccccc2Cl)cnn1-c1ccccc1F. The molecule has 0 aliphatic heterocycles. The van der Waals surface area contributed by atoms with Crippen LogP contribution in [0.25, 0.3) is 5.69 Å². The summed E-state index contributed by atoms with van der Waals surface area (Å²) in [5.74, 6) is -0.586. The van der Waals surface area contributed by atoms with Crippen LogP contribution in [0.4, 0.5) is 4.39 Å². The first-order valence-corrected chi connectivity index (χ1v) is 8.15. The summed E-state index contributed by atoms with van der Waals surface area (Å²) in [5.41, 5.74) is 2.19. The summed E-state index contributed by atoms with van der Waals surface area (Å²) in [7, 11) is 1.70. The Bertz CT molecular complexity index is 923. The van der Waals surface area contributed by atoms with Crippen LogP contribution in [0, 0.1) is 12.7 Å². The van der Waals surface area contributed by atoms with Crippen molar-refractivity contribution in [1.82, 2.24) is 14.7 Å². The number of hydrogen-bond acceptors (Lipinski definition) is 2. The van der Waals surface area contributed by atoms with E-state index in [0.717, 1.165) is 5.56 Å². The average molecular weight is 358 g/mol. The average Bonchev–Trinajstić information content (AvgIpc) is 2.98. The van der Waals surface area contributed by atoms with Crippen LogP contribution in [-0.2, 0) is 6.54 Å². The van der Waals surface area contributed by atoms with E-state index in [1.807, 2.05) is 18.2 Å². The van der Waals surface area contributed by atoms with E-state index in [4.69, 9.17) is 11.6 Å². The molecule has 0 aliphatic rings. The van der Waals surface area contributed by atoms with Gasteiger partial charge in [0, 0.05) is 18.6 Å². The Kier molecular flexibility index (Phi) is 4.86. The third kappa shape index (κ3) is 3.42. The first kappa shape index (κ1) is 17.2. The number of amides is 1. The minimum Gasteiger partial charge on any atom is -0.337 e. The van der Waals surface area contributed by atoms with E-state index in [0.29, 0.717) is 28.5 Å². The summed E-state index contributed by atoms with van der Waals surface area (Å²) < 4.78 is 15.4. The standard InChI is InChI=1S/C19H17ClFN3O/c1-13-15(11-22-24(13)18-10-6-5-9-17(18)21)19(25)23(2)12-14-7-3-4-8-16(14)20/h3-11H,12H2,1-2H3. The van der Waals surface area contributed by atoms with Crippen molar-refractivity contribution in [3.8, 4) is 5.69 Å². The molecule has 2 aromatic carbocycles. The molecule has 0 saturated heterocycles. The fourth-order valence-corrected chi connectivity index (χ4v) is 2.84. The predicted octanol–water partition coefficient (Wildman–Crippen LogP) is 4.25. The van der Waals surface area contributed by atoms with Crippen molar-refractivity contribution < 1.29 is 9.18 Å². The Morgan fingerprint density at radius 3 is 2.60 bits per heavy atom. The van der Waals surface area contributed by atoms with Gasteiger partial charge < -0.3 is 4.90 Å². The maximum Gasteiger partial charge on any atom is 0.257 e. The van der Waals surface area contributed by atoms with Gasteiger partial charge in [-0.15, -0.1) is 0 Å². The fraction of sp³-hybridized carbons (Fsp3) is 0.158. The van der Waals surface area contributed by atoms with Crippen molar-refractivity contribution in [2.75, 3.05) is 7.05 Å². The minimum absolute atomic E-state index is 0.194. The zero-order chi connectivity index (χ0) is 18.0. The third-order valence-electron chi connectivity index (χ3n) is 4.03. The number of nitrogens with zero attached hydrogens (tertiary/aromatic N) is 3. The molecule has 128 valence electrons. The molecule has 0 fully saturated rings. The predicted molar refractivity (Wildman–Crippen MR) is 95.5 cm³/mol. The number of rotatable bonds is 4. The highest BCUT2D eigenvalue weighted by Gasteiger charge is 2.20. The van der Waals surface area contributed by atoms with Gasteiger partial charge in [0.05, 0.1) is 17.5 Å². The second-order valence-electron chi connectivity index (χ2n) is 5.76. The quantitative estimate of drug-likeness (QED) is 0.700. The highest BCUT2D eigenvalue weighted by molar-refractivity contribution is 6.31. The minimum atomic E-state index is -0.392. The summed E-state index contributed by atoms with van der Waals surface area (Å²) in [4.78, 5) is 14.3. The zero-order valence-electron chi connectivity index (χ0n) is 13.9. The molecular weight excluding hydrogens is 341 g/mol. The molecule has 0 spiro atoms. The van der Waals surface area contributed by atoms with Crippen LogP contribution in [0.5, 0.6) is 0 Å². The lowest BCUT2D eigenvalue weighted by atomic mass is 10.2. The van der Waals surface area contributed by atoms with Crippen molar-refractivity contribution in [2.45, 2.75) is 13.5 Å². The molecule has 25 heavy (non-hydrogen) atoms. The molecule has 3 aromatic rings. The second kappa shape index (κ2) is 7.07. The molecule has 0 N–H and O–H groups in total. The van der Waals surface area contributed by atoms with Gasteiger partial charge in [-0.05, 0) is 30.7 Å². The van der Waals surface area contributed by atoms with Crippen molar-refractivity contribution >= 4 is 17.5 Å².